The van der Waals surface area contributed by atoms with Gasteiger partial charge in [-0.15, -0.1) is 0 Å². The number of H-pyrrole nitrogens is 1. The molecule has 146 valence electrons. The number of aromatic nitrogens is 6. The zero-order chi connectivity index (χ0) is 19.8. The average molecular weight is 390 g/mol. The van der Waals surface area contributed by atoms with Crippen molar-refractivity contribution in [3.05, 3.63) is 48.5 Å². The lowest BCUT2D eigenvalue weighted by Crippen LogP contribution is -2.13. The van der Waals surface area contributed by atoms with Crippen LogP contribution < -0.4 is 15.4 Å². The SMILES string of the molecule is COc1cc(NC(=O)c2cnn3ccc(NC4CC4)nc23)cc(-c2ncn[nH]2)c1. The molecule has 29 heavy (non-hydrogen) atoms. The summed E-state index contributed by atoms with van der Waals surface area (Å²) in [4.78, 5) is 21.6. The first-order valence-electron chi connectivity index (χ1n) is 9.17. The number of methoxy groups -OCH3 is 1. The van der Waals surface area contributed by atoms with Crippen LogP contribution in [0.3, 0.4) is 0 Å². The molecule has 3 aromatic heterocycles. The zero-order valence-electron chi connectivity index (χ0n) is 15.6. The fraction of sp³-hybridized carbons (Fsp3) is 0.211. The van der Waals surface area contributed by atoms with E-state index >= 15 is 0 Å². The maximum Gasteiger partial charge on any atom is 0.261 e. The minimum Gasteiger partial charge on any atom is -0.497 e. The van der Waals surface area contributed by atoms with Gasteiger partial charge in [0.25, 0.3) is 5.91 Å². The molecule has 0 radical (unpaired) electrons. The number of ether oxygens (including phenoxy) is 1. The fourth-order valence-electron chi connectivity index (χ4n) is 3.02. The Labute approximate surface area is 165 Å². The Kier molecular flexibility index (Phi) is 4.08. The second-order valence-electron chi connectivity index (χ2n) is 6.80. The Balaban J connectivity index is 1.45. The molecule has 1 amide bonds. The first-order chi connectivity index (χ1) is 14.2. The van der Waals surface area contributed by atoms with Gasteiger partial charge < -0.3 is 15.4 Å². The number of rotatable bonds is 6. The van der Waals surface area contributed by atoms with Gasteiger partial charge in [-0.05, 0) is 31.0 Å². The van der Waals surface area contributed by atoms with Crippen molar-refractivity contribution in [1.82, 2.24) is 29.8 Å². The molecule has 1 aliphatic carbocycles. The smallest absolute Gasteiger partial charge is 0.261 e. The number of nitrogens with zero attached hydrogens (tertiary/aromatic N) is 5. The maximum absolute atomic E-state index is 12.9. The van der Waals surface area contributed by atoms with E-state index in [2.05, 4.69) is 35.9 Å². The molecule has 1 aliphatic rings. The molecule has 0 atom stereocenters. The van der Waals surface area contributed by atoms with E-state index in [1.807, 2.05) is 12.1 Å². The lowest BCUT2D eigenvalue weighted by atomic mass is 10.1. The molecule has 4 aromatic rings. The molecule has 0 spiro atoms. The van der Waals surface area contributed by atoms with Crippen LogP contribution in [0.15, 0.2) is 43.0 Å². The third-order valence-electron chi connectivity index (χ3n) is 4.63. The summed E-state index contributed by atoms with van der Waals surface area (Å²) < 4.78 is 6.93. The number of nitrogens with one attached hydrogen (secondary N) is 3. The molecule has 0 saturated heterocycles. The van der Waals surface area contributed by atoms with Gasteiger partial charge in [-0.1, -0.05) is 0 Å². The average Bonchev–Trinajstić information content (AvgIpc) is 3.20. The van der Waals surface area contributed by atoms with E-state index in [0.29, 0.717) is 34.5 Å². The number of amides is 1. The molecule has 10 nitrogen and oxygen atoms in total. The zero-order valence-corrected chi connectivity index (χ0v) is 15.6. The van der Waals surface area contributed by atoms with Gasteiger partial charge >= 0.3 is 0 Å². The van der Waals surface area contributed by atoms with Crippen LogP contribution in [0.4, 0.5) is 11.5 Å². The van der Waals surface area contributed by atoms with Crippen LogP contribution in [0, 0.1) is 0 Å². The number of hydrogen-bond donors (Lipinski definition) is 3. The van der Waals surface area contributed by atoms with Crippen molar-refractivity contribution < 1.29 is 9.53 Å². The second-order valence-corrected chi connectivity index (χ2v) is 6.80. The molecule has 0 bridgehead atoms. The van der Waals surface area contributed by atoms with Gasteiger partial charge in [0.05, 0.1) is 13.3 Å². The lowest BCUT2D eigenvalue weighted by Gasteiger charge is -2.09. The quantitative estimate of drug-likeness (QED) is 0.462. The van der Waals surface area contributed by atoms with Crippen molar-refractivity contribution in [2.24, 2.45) is 0 Å². The lowest BCUT2D eigenvalue weighted by molar-refractivity contribution is 0.102. The number of fused-ring (bicyclic) bond motifs is 1. The summed E-state index contributed by atoms with van der Waals surface area (Å²) in [6.45, 7) is 0. The van der Waals surface area contributed by atoms with E-state index in [0.717, 1.165) is 24.2 Å². The van der Waals surface area contributed by atoms with Crippen molar-refractivity contribution in [1.29, 1.82) is 0 Å². The third kappa shape index (κ3) is 3.47. The van der Waals surface area contributed by atoms with Crippen LogP contribution in [0.1, 0.15) is 23.2 Å². The highest BCUT2D eigenvalue weighted by molar-refractivity contribution is 6.08. The summed E-state index contributed by atoms with van der Waals surface area (Å²) in [6, 6.07) is 7.66. The highest BCUT2D eigenvalue weighted by Crippen LogP contribution is 2.27. The minimum atomic E-state index is -0.312. The van der Waals surface area contributed by atoms with Gasteiger partial charge in [-0.2, -0.15) is 10.2 Å². The molecule has 3 heterocycles. The van der Waals surface area contributed by atoms with Gasteiger partial charge in [0, 0.05) is 29.6 Å². The van der Waals surface area contributed by atoms with Crippen LogP contribution >= 0.6 is 0 Å². The van der Waals surface area contributed by atoms with Crippen LogP contribution in [0.2, 0.25) is 0 Å². The highest BCUT2D eigenvalue weighted by Gasteiger charge is 2.22. The summed E-state index contributed by atoms with van der Waals surface area (Å²) in [6.07, 6.45) is 7.00. The summed E-state index contributed by atoms with van der Waals surface area (Å²) in [5, 5.41) is 17.1. The Morgan fingerprint density at radius 1 is 1.31 bits per heavy atom. The van der Waals surface area contributed by atoms with Crippen LogP contribution in [-0.2, 0) is 0 Å². The Bertz CT molecular complexity index is 1180. The van der Waals surface area contributed by atoms with Crippen LogP contribution in [0.25, 0.3) is 17.0 Å². The fourth-order valence-corrected chi connectivity index (χ4v) is 3.02. The first kappa shape index (κ1) is 17.2. The van der Waals surface area contributed by atoms with E-state index < -0.39 is 0 Å². The van der Waals surface area contributed by atoms with Crippen molar-refractivity contribution in [2.45, 2.75) is 18.9 Å². The molecular formula is C19H18N8O2. The molecular weight excluding hydrogens is 372 g/mol. The van der Waals surface area contributed by atoms with E-state index in [1.54, 1.807) is 30.0 Å². The minimum absolute atomic E-state index is 0.312. The van der Waals surface area contributed by atoms with Crippen molar-refractivity contribution in [3.8, 4) is 17.1 Å². The Morgan fingerprint density at radius 2 is 2.21 bits per heavy atom. The Morgan fingerprint density at radius 3 is 2.97 bits per heavy atom. The number of benzene rings is 1. The van der Waals surface area contributed by atoms with Crippen LogP contribution in [-0.4, -0.2) is 48.8 Å². The maximum atomic E-state index is 12.9. The standard InChI is InChI=1S/C19H18N8O2/c1-29-14-7-11(17-20-10-21-26-17)6-13(8-14)24-19(28)15-9-22-27-5-4-16(25-18(15)27)23-12-2-3-12/h4-10,12H,2-3H2,1H3,(H,23,25)(H,24,28)(H,20,21,26). The van der Waals surface area contributed by atoms with E-state index in [1.165, 1.54) is 12.5 Å². The monoisotopic (exact) mass is 390 g/mol. The molecule has 1 fully saturated rings. The molecule has 0 unspecified atom stereocenters. The number of carbonyl (C=O) groups is 1. The number of carbonyl (C=O) groups excluding carboxylic acids is 1. The topological polar surface area (TPSA) is 122 Å². The van der Waals surface area contributed by atoms with Gasteiger partial charge in [0.1, 0.15) is 23.5 Å². The summed E-state index contributed by atoms with van der Waals surface area (Å²) in [5.41, 5.74) is 2.18. The molecule has 10 heteroatoms. The van der Waals surface area contributed by atoms with E-state index in [-0.39, 0.29) is 5.91 Å². The number of aromatic amines is 1. The van der Waals surface area contributed by atoms with Crippen LogP contribution in [0.5, 0.6) is 5.75 Å². The Hall–Kier alpha value is -3.95. The van der Waals surface area contributed by atoms with Gasteiger partial charge in [0.15, 0.2) is 11.5 Å². The number of anilines is 2. The molecule has 1 aromatic carbocycles. The largest absolute Gasteiger partial charge is 0.497 e. The first-order valence-corrected chi connectivity index (χ1v) is 9.17. The molecule has 0 aliphatic heterocycles. The van der Waals surface area contributed by atoms with Gasteiger partial charge in [-0.3, -0.25) is 9.89 Å². The van der Waals surface area contributed by atoms with Gasteiger partial charge in [-0.25, -0.2) is 14.5 Å². The van der Waals surface area contributed by atoms with Crippen molar-refractivity contribution in [2.75, 3.05) is 17.7 Å². The molecule has 1 saturated carbocycles. The summed E-state index contributed by atoms with van der Waals surface area (Å²) >= 11 is 0. The molecule has 3 N–H and O–H groups in total. The molecule has 5 rings (SSSR count). The predicted octanol–water partition coefficient (Wildman–Crippen LogP) is 2.35. The van der Waals surface area contributed by atoms with E-state index in [9.17, 15) is 4.79 Å². The number of hydrogen-bond acceptors (Lipinski definition) is 7. The second kappa shape index (κ2) is 6.89. The van der Waals surface area contributed by atoms with E-state index in [4.69, 9.17) is 4.74 Å². The van der Waals surface area contributed by atoms with Gasteiger partial charge in [0.2, 0.25) is 0 Å². The summed E-state index contributed by atoms with van der Waals surface area (Å²) in [5.74, 6) is 1.59. The van der Waals surface area contributed by atoms with Crippen molar-refractivity contribution >= 4 is 23.1 Å². The third-order valence-corrected chi connectivity index (χ3v) is 4.63. The predicted molar refractivity (Wildman–Crippen MR) is 106 cm³/mol. The van der Waals surface area contributed by atoms with Crippen molar-refractivity contribution in [3.63, 3.8) is 0 Å². The normalized spacial score (nSPS) is 13.4. The highest BCUT2D eigenvalue weighted by atomic mass is 16.5. The summed E-state index contributed by atoms with van der Waals surface area (Å²) in [7, 11) is 1.56.